The summed E-state index contributed by atoms with van der Waals surface area (Å²) >= 11 is 7.59. The van der Waals surface area contributed by atoms with E-state index in [-0.39, 0.29) is 0 Å². The van der Waals surface area contributed by atoms with Gasteiger partial charge in [-0.1, -0.05) is 152 Å². The average Bonchev–Trinajstić information content (AvgIpc) is 4.45. The molecule has 0 aliphatic heterocycles. The van der Waals surface area contributed by atoms with Crippen LogP contribution in [0.4, 0.5) is 0 Å². The van der Waals surface area contributed by atoms with Crippen molar-refractivity contribution >= 4 is 170 Å². The molecule has 10 aromatic carbocycles. The number of nitrogens with zero attached hydrogens (tertiary/aromatic N) is 5. The summed E-state index contributed by atoms with van der Waals surface area (Å²) in [5, 5.41) is 15.5. The molecule has 18 aromatic rings. The Morgan fingerprint density at radius 3 is 1.46 bits per heavy atom. The van der Waals surface area contributed by atoms with Gasteiger partial charge in [0.05, 0.1) is 49.0 Å². The Hall–Kier alpha value is -9.09. The summed E-state index contributed by atoms with van der Waals surface area (Å²) in [6.07, 6.45) is 3.85. The van der Waals surface area contributed by atoms with Crippen molar-refractivity contribution in [1.29, 1.82) is 0 Å². The first-order chi connectivity index (χ1) is 38.7. The zero-order valence-corrected chi connectivity index (χ0v) is 44.5. The molecule has 0 bridgehead atoms. The van der Waals surface area contributed by atoms with Crippen LogP contribution in [0.15, 0.2) is 225 Å². The van der Waals surface area contributed by atoms with Gasteiger partial charge in [0.2, 0.25) is 0 Å². The SMILES string of the molecule is c1ccc(-c2nc(-c3cccc(-c4ccc5c(c4)sc4c5c5c6ccccc6sc5c5c4c4ccccc4n5-c4cccnc4)c3)cc(-n3c4ccccc4c4c5sc6ccccc6c5c5c6ccccc6sc5c43)n2)cc1. The van der Waals surface area contributed by atoms with Gasteiger partial charge in [-0.25, -0.2) is 9.97 Å². The number of hydrogen-bond donors (Lipinski definition) is 0. The van der Waals surface area contributed by atoms with Crippen LogP contribution < -0.4 is 0 Å². The van der Waals surface area contributed by atoms with E-state index in [0.29, 0.717) is 5.82 Å². The first kappa shape index (κ1) is 43.1. The summed E-state index contributed by atoms with van der Waals surface area (Å²) in [4.78, 5) is 15.6. The highest BCUT2D eigenvalue weighted by Crippen LogP contribution is 2.54. The molecule has 0 saturated heterocycles. The lowest BCUT2D eigenvalue weighted by atomic mass is 9.98. The molecule has 0 unspecified atom stereocenters. The highest BCUT2D eigenvalue weighted by atomic mass is 32.1. The van der Waals surface area contributed by atoms with Crippen molar-refractivity contribution < 1.29 is 0 Å². The second-order valence-electron chi connectivity index (χ2n) is 20.2. The van der Waals surface area contributed by atoms with Gasteiger partial charge in [0.1, 0.15) is 5.82 Å². The van der Waals surface area contributed by atoms with Gasteiger partial charge in [0.25, 0.3) is 0 Å². The smallest absolute Gasteiger partial charge is 0.162 e. The van der Waals surface area contributed by atoms with Crippen LogP contribution in [0.2, 0.25) is 0 Å². The molecule has 0 N–H and O–H groups in total. The molecule has 0 fully saturated rings. The molecular weight excluding hydrogens is 1030 g/mol. The van der Waals surface area contributed by atoms with E-state index in [1.807, 2.05) is 63.8 Å². The second-order valence-corrected chi connectivity index (χ2v) is 24.4. The predicted octanol–water partition coefficient (Wildman–Crippen LogP) is 20.5. The highest BCUT2D eigenvalue weighted by Gasteiger charge is 2.27. The molecule has 0 aliphatic rings. The number of benzene rings is 10. The van der Waals surface area contributed by atoms with Crippen LogP contribution in [0.1, 0.15) is 0 Å². The zero-order chi connectivity index (χ0) is 50.7. The van der Waals surface area contributed by atoms with Crippen LogP contribution in [-0.2, 0) is 0 Å². The summed E-state index contributed by atoms with van der Waals surface area (Å²) in [5.74, 6) is 1.52. The summed E-state index contributed by atoms with van der Waals surface area (Å²) in [7, 11) is 0. The Balaban J connectivity index is 0.866. The molecule has 78 heavy (non-hydrogen) atoms. The number of thiophene rings is 4. The summed E-state index contributed by atoms with van der Waals surface area (Å²) in [6.45, 7) is 0. The van der Waals surface area contributed by atoms with Crippen molar-refractivity contribution in [1.82, 2.24) is 24.1 Å². The molecule has 362 valence electrons. The van der Waals surface area contributed by atoms with Gasteiger partial charge in [0.15, 0.2) is 5.82 Å². The summed E-state index contributed by atoms with van der Waals surface area (Å²) in [6, 6.07) is 77.4. The van der Waals surface area contributed by atoms with Crippen molar-refractivity contribution in [2.45, 2.75) is 0 Å². The highest BCUT2D eigenvalue weighted by molar-refractivity contribution is 7.30. The lowest BCUT2D eigenvalue weighted by Crippen LogP contribution is -2.02. The summed E-state index contributed by atoms with van der Waals surface area (Å²) < 4.78 is 15.2. The molecule has 0 atom stereocenters. The standard InChI is InChI=1S/C69H37N5S4/c1-2-16-38(17-3-1)69-71-49(36-56(72-69)74-51-27-10-5-22-44(51)62-64(74)68-59(46-24-7-13-30-54(46)77-68)57-45-23-6-11-28-52(45)75-65(57)62)41-19-14-18-39(34-41)40-31-32-48-55(35-40)78-66-58(48)60-47-25-8-12-29-53(47)76-67(60)63-61(66)43-21-4-9-26-50(43)73(63)42-20-15-33-70-37-42/h1-37H. The third-order valence-corrected chi connectivity index (χ3v) is 20.7. The van der Waals surface area contributed by atoms with Gasteiger partial charge in [0, 0.05) is 116 Å². The van der Waals surface area contributed by atoms with Crippen LogP contribution in [0.3, 0.4) is 0 Å². The van der Waals surface area contributed by atoms with Crippen molar-refractivity contribution in [2.24, 2.45) is 0 Å². The molecule has 5 nitrogen and oxygen atoms in total. The lowest BCUT2D eigenvalue weighted by molar-refractivity contribution is 1.05. The van der Waals surface area contributed by atoms with E-state index in [0.717, 1.165) is 45.0 Å². The van der Waals surface area contributed by atoms with Crippen molar-refractivity contribution in [2.75, 3.05) is 0 Å². The molecule has 9 heteroatoms. The van der Waals surface area contributed by atoms with Crippen LogP contribution >= 0.6 is 45.3 Å². The van der Waals surface area contributed by atoms with E-state index >= 15 is 0 Å². The number of fused-ring (bicyclic) bond motifs is 24. The maximum absolute atomic E-state index is 5.54. The Labute approximate surface area is 460 Å². The normalized spacial score (nSPS) is 12.4. The minimum absolute atomic E-state index is 0.685. The van der Waals surface area contributed by atoms with Gasteiger partial charge in [-0.15, -0.1) is 45.3 Å². The van der Waals surface area contributed by atoms with E-state index in [1.54, 1.807) is 0 Å². The lowest BCUT2D eigenvalue weighted by Gasteiger charge is -2.13. The molecule has 8 heterocycles. The quantitative estimate of drug-likeness (QED) is 0.173. The largest absolute Gasteiger partial charge is 0.306 e. The Kier molecular flexibility index (Phi) is 8.95. The van der Waals surface area contributed by atoms with E-state index in [1.165, 1.54) is 119 Å². The van der Waals surface area contributed by atoms with Gasteiger partial charge in [-0.2, -0.15) is 0 Å². The van der Waals surface area contributed by atoms with Gasteiger partial charge in [-0.3, -0.25) is 9.55 Å². The van der Waals surface area contributed by atoms with Crippen LogP contribution in [0.25, 0.3) is 170 Å². The number of para-hydroxylation sites is 2. The van der Waals surface area contributed by atoms with E-state index in [9.17, 15) is 0 Å². The Bertz CT molecular complexity index is 5580. The van der Waals surface area contributed by atoms with Gasteiger partial charge in [-0.05, 0) is 65.7 Å². The fourth-order valence-corrected chi connectivity index (χ4v) is 17.8. The first-order valence-corrected chi connectivity index (χ1v) is 29.3. The second kappa shape index (κ2) is 16.2. The van der Waals surface area contributed by atoms with Crippen molar-refractivity contribution in [3.05, 3.63) is 225 Å². The minimum Gasteiger partial charge on any atom is -0.306 e. The van der Waals surface area contributed by atoms with Crippen molar-refractivity contribution in [3.63, 3.8) is 0 Å². The van der Waals surface area contributed by atoms with E-state index < -0.39 is 0 Å². The predicted molar refractivity (Wildman–Crippen MR) is 336 cm³/mol. The molecule has 18 rings (SSSR count). The molecule has 0 spiro atoms. The van der Waals surface area contributed by atoms with E-state index in [2.05, 4.69) is 220 Å². The first-order valence-electron chi connectivity index (χ1n) is 26.1. The third-order valence-electron chi connectivity index (χ3n) is 16.0. The number of aromatic nitrogens is 5. The van der Waals surface area contributed by atoms with Gasteiger partial charge >= 0.3 is 0 Å². The fourth-order valence-electron chi connectivity index (χ4n) is 12.7. The monoisotopic (exact) mass is 1060 g/mol. The summed E-state index contributed by atoms with van der Waals surface area (Å²) in [5.41, 5.74) is 11.0. The average molecular weight is 1060 g/mol. The van der Waals surface area contributed by atoms with Crippen molar-refractivity contribution in [3.8, 4) is 45.3 Å². The molecule has 8 aromatic heterocycles. The molecule has 0 saturated carbocycles. The number of rotatable bonds is 5. The maximum Gasteiger partial charge on any atom is 0.162 e. The molecular formula is C69H37N5S4. The van der Waals surface area contributed by atoms with Crippen LogP contribution in [0.5, 0.6) is 0 Å². The maximum atomic E-state index is 5.54. The molecule has 0 radical (unpaired) electrons. The fraction of sp³-hybridized carbons (Fsp3) is 0. The van der Waals surface area contributed by atoms with Crippen LogP contribution in [0, 0.1) is 0 Å². The minimum atomic E-state index is 0.685. The van der Waals surface area contributed by atoms with E-state index in [4.69, 9.17) is 9.97 Å². The zero-order valence-electron chi connectivity index (χ0n) is 41.2. The topological polar surface area (TPSA) is 48.5 Å². The van der Waals surface area contributed by atoms with Gasteiger partial charge < -0.3 is 4.57 Å². The molecule has 0 amide bonds. The number of pyridine rings is 1. The van der Waals surface area contributed by atoms with Crippen LogP contribution in [-0.4, -0.2) is 24.1 Å². The third kappa shape index (κ3) is 5.96. The molecule has 0 aliphatic carbocycles. The number of hydrogen-bond acceptors (Lipinski definition) is 7. The Morgan fingerprint density at radius 1 is 0.321 bits per heavy atom. The Morgan fingerprint density at radius 2 is 0.821 bits per heavy atom.